The van der Waals surface area contributed by atoms with Gasteiger partial charge in [-0.25, -0.2) is 4.98 Å². The van der Waals surface area contributed by atoms with E-state index >= 15 is 0 Å². The van der Waals surface area contributed by atoms with E-state index in [1.807, 2.05) is 0 Å². The molecule has 136 valence electrons. The number of alkyl halides is 3. The summed E-state index contributed by atoms with van der Waals surface area (Å²) in [4.78, 5) is 15.7. The van der Waals surface area contributed by atoms with E-state index in [9.17, 15) is 18.0 Å². The van der Waals surface area contributed by atoms with E-state index in [1.165, 1.54) is 0 Å². The van der Waals surface area contributed by atoms with Crippen LogP contribution in [0.25, 0.3) is 11.0 Å². The van der Waals surface area contributed by atoms with Crippen LogP contribution < -0.4 is 10.6 Å². The number of nitrogens with zero attached hydrogens (tertiary/aromatic N) is 3. The third-order valence-electron chi connectivity index (χ3n) is 3.45. The van der Waals surface area contributed by atoms with Gasteiger partial charge in [0.1, 0.15) is 16.9 Å². The number of anilines is 1. The number of carbonyl (C=O) groups is 1. The van der Waals surface area contributed by atoms with E-state index in [0.717, 1.165) is 6.07 Å². The number of H-pyrrole nitrogens is 1. The number of pyridine rings is 1. The molecular weight excluding hydrogens is 373 g/mol. The van der Waals surface area contributed by atoms with Crippen LogP contribution >= 0.6 is 11.6 Å². The fraction of sp³-hybridized carbons (Fsp3) is 0.200. The average Bonchev–Trinajstić information content (AvgIpc) is 3.06. The predicted octanol–water partition coefficient (Wildman–Crippen LogP) is 2.87. The van der Waals surface area contributed by atoms with Crippen LogP contribution in [0, 0.1) is 0 Å². The molecule has 0 atom stereocenters. The molecule has 11 heteroatoms. The number of amides is 1. The summed E-state index contributed by atoms with van der Waals surface area (Å²) in [6.07, 6.45) is -3.81. The third-order valence-corrected chi connectivity index (χ3v) is 3.74. The van der Waals surface area contributed by atoms with Crippen molar-refractivity contribution in [1.82, 2.24) is 25.7 Å². The minimum Gasteiger partial charge on any atom is -0.367 e. The van der Waals surface area contributed by atoms with E-state index in [4.69, 9.17) is 11.6 Å². The van der Waals surface area contributed by atoms with E-state index < -0.39 is 11.7 Å². The molecule has 0 saturated heterocycles. The Bertz CT molecular complexity index is 943. The SMILES string of the molecule is O=C(NCCNc1ncc(C(F)(F)F)cc1Cl)c1ccc2n[nH]nc2c1. The van der Waals surface area contributed by atoms with E-state index in [1.54, 1.807) is 18.2 Å². The van der Waals surface area contributed by atoms with Crippen molar-refractivity contribution < 1.29 is 18.0 Å². The zero-order chi connectivity index (χ0) is 18.7. The van der Waals surface area contributed by atoms with Crippen LogP contribution in [0.2, 0.25) is 5.02 Å². The standard InChI is InChI=1S/C15H12ClF3N6O/c16-10-6-9(15(17,18)19)7-22-13(10)20-3-4-21-14(26)8-1-2-11-12(5-8)24-25-23-11/h1-2,5-7H,3-4H2,(H,20,22)(H,21,26)(H,23,24,25). The van der Waals surface area contributed by atoms with Gasteiger partial charge in [-0.1, -0.05) is 11.6 Å². The number of rotatable bonds is 5. The van der Waals surface area contributed by atoms with Crippen molar-refractivity contribution in [2.75, 3.05) is 18.4 Å². The van der Waals surface area contributed by atoms with E-state index in [2.05, 4.69) is 31.0 Å². The van der Waals surface area contributed by atoms with Crippen LogP contribution in [0.5, 0.6) is 0 Å². The van der Waals surface area contributed by atoms with Crippen molar-refractivity contribution in [1.29, 1.82) is 0 Å². The second kappa shape index (κ2) is 7.16. The van der Waals surface area contributed by atoms with Crippen molar-refractivity contribution in [2.45, 2.75) is 6.18 Å². The summed E-state index contributed by atoms with van der Waals surface area (Å²) in [6.45, 7) is 0.449. The van der Waals surface area contributed by atoms with Gasteiger partial charge in [-0.3, -0.25) is 4.79 Å². The minimum atomic E-state index is -4.51. The molecule has 0 spiro atoms. The maximum atomic E-state index is 12.6. The van der Waals surface area contributed by atoms with E-state index in [-0.39, 0.29) is 29.8 Å². The van der Waals surface area contributed by atoms with Gasteiger partial charge in [-0.2, -0.15) is 28.6 Å². The molecule has 0 aliphatic carbocycles. The minimum absolute atomic E-state index is 0.109. The lowest BCUT2D eigenvalue weighted by molar-refractivity contribution is -0.137. The second-order valence-electron chi connectivity index (χ2n) is 5.26. The van der Waals surface area contributed by atoms with Crippen LogP contribution in [0.4, 0.5) is 19.0 Å². The first kappa shape index (κ1) is 17.9. The number of hydrogen-bond donors (Lipinski definition) is 3. The zero-order valence-corrected chi connectivity index (χ0v) is 13.8. The smallest absolute Gasteiger partial charge is 0.367 e. The Morgan fingerprint density at radius 1 is 1.15 bits per heavy atom. The lowest BCUT2D eigenvalue weighted by Gasteiger charge is -2.11. The molecule has 0 aliphatic rings. The van der Waals surface area contributed by atoms with Gasteiger partial charge in [0.05, 0.1) is 10.6 Å². The molecule has 3 N–H and O–H groups in total. The highest BCUT2D eigenvalue weighted by Gasteiger charge is 2.31. The first-order chi connectivity index (χ1) is 12.3. The Kier molecular flexibility index (Phi) is 4.94. The number of aromatic nitrogens is 4. The highest BCUT2D eigenvalue weighted by molar-refractivity contribution is 6.32. The van der Waals surface area contributed by atoms with Gasteiger partial charge in [0, 0.05) is 24.8 Å². The quantitative estimate of drug-likeness (QED) is 0.588. The maximum absolute atomic E-state index is 12.6. The molecule has 0 unspecified atom stereocenters. The van der Waals surface area contributed by atoms with Gasteiger partial charge in [0.15, 0.2) is 0 Å². The maximum Gasteiger partial charge on any atom is 0.417 e. The monoisotopic (exact) mass is 384 g/mol. The van der Waals surface area contributed by atoms with Crippen molar-refractivity contribution in [3.05, 3.63) is 46.6 Å². The van der Waals surface area contributed by atoms with Crippen LogP contribution in [0.1, 0.15) is 15.9 Å². The largest absolute Gasteiger partial charge is 0.417 e. The van der Waals surface area contributed by atoms with Gasteiger partial charge in [-0.05, 0) is 24.3 Å². The topological polar surface area (TPSA) is 95.6 Å². The summed E-state index contributed by atoms with van der Waals surface area (Å²) in [5, 5.41) is 15.5. The van der Waals surface area contributed by atoms with Gasteiger partial charge < -0.3 is 10.6 Å². The Hall–Kier alpha value is -2.88. The van der Waals surface area contributed by atoms with Crippen molar-refractivity contribution in [2.24, 2.45) is 0 Å². The first-order valence-corrected chi connectivity index (χ1v) is 7.78. The molecule has 2 aromatic heterocycles. The normalized spacial score (nSPS) is 11.5. The van der Waals surface area contributed by atoms with Crippen LogP contribution in [-0.2, 0) is 6.18 Å². The van der Waals surface area contributed by atoms with Gasteiger partial charge in [0.25, 0.3) is 5.91 Å². The van der Waals surface area contributed by atoms with Crippen LogP contribution in [0.15, 0.2) is 30.5 Å². The van der Waals surface area contributed by atoms with Gasteiger partial charge in [0.2, 0.25) is 0 Å². The fourth-order valence-corrected chi connectivity index (χ4v) is 2.40. The molecule has 2 heterocycles. The number of carbonyl (C=O) groups excluding carboxylic acids is 1. The summed E-state index contributed by atoms with van der Waals surface area (Å²) >= 11 is 5.79. The molecule has 7 nitrogen and oxygen atoms in total. The summed E-state index contributed by atoms with van der Waals surface area (Å²) in [6, 6.07) is 5.66. The number of fused-ring (bicyclic) bond motifs is 1. The molecule has 0 fully saturated rings. The summed E-state index contributed by atoms with van der Waals surface area (Å²) < 4.78 is 37.7. The number of benzene rings is 1. The van der Waals surface area contributed by atoms with Crippen LogP contribution in [0.3, 0.4) is 0 Å². The highest BCUT2D eigenvalue weighted by Crippen LogP contribution is 2.32. The van der Waals surface area contributed by atoms with E-state index in [0.29, 0.717) is 22.8 Å². The molecule has 0 radical (unpaired) electrons. The number of aromatic amines is 1. The Balaban J connectivity index is 1.53. The van der Waals surface area contributed by atoms with Crippen molar-refractivity contribution in [3.8, 4) is 0 Å². The summed E-state index contributed by atoms with van der Waals surface area (Å²) in [7, 11) is 0. The Morgan fingerprint density at radius 2 is 1.92 bits per heavy atom. The molecule has 0 bridgehead atoms. The predicted molar refractivity (Wildman–Crippen MR) is 89.0 cm³/mol. The van der Waals surface area contributed by atoms with Crippen molar-refractivity contribution in [3.63, 3.8) is 0 Å². The van der Waals surface area contributed by atoms with Gasteiger partial charge in [-0.15, -0.1) is 0 Å². The number of hydrogen-bond acceptors (Lipinski definition) is 5. The van der Waals surface area contributed by atoms with Crippen molar-refractivity contribution >= 4 is 34.4 Å². The molecule has 3 rings (SSSR count). The lowest BCUT2D eigenvalue weighted by Crippen LogP contribution is -2.29. The lowest BCUT2D eigenvalue weighted by atomic mass is 10.2. The molecule has 3 aromatic rings. The molecule has 1 amide bonds. The summed E-state index contributed by atoms with van der Waals surface area (Å²) in [5.74, 6) is -0.207. The Labute approximate surface area is 149 Å². The second-order valence-corrected chi connectivity index (χ2v) is 5.67. The zero-order valence-electron chi connectivity index (χ0n) is 13.1. The molecule has 26 heavy (non-hydrogen) atoms. The summed E-state index contributed by atoms with van der Waals surface area (Å²) in [5.41, 5.74) is 0.699. The molecule has 0 aliphatic heterocycles. The average molecular weight is 385 g/mol. The fourth-order valence-electron chi connectivity index (χ4n) is 2.16. The highest BCUT2D eigenvalue weighted by atomic mass is 35.5. The third kappa shape index (κ3) is 4.02. The number of halogens is 4. The Morgan fingerprint density at radius 3 is 2.65 bits per heavy atom. The molecule has 0 saturated carbocycles. The van der Waals surface area contributed by atoms with Gasteiger partial charge >= 0.3 is 6.18 Å². The molecular formula is C15H12ClF3N6O. The number of nitrogens with one attached hydrogen (secondary N) is 3. The molecule has 1 aromatic carbocycles. The first-order valence-electron chi connectivity index (χ1n) is 7.40. The van der Waals surface area contributed by atoms with Crippen LogP contribution in [-0.4, -0.2) is 39.4 Å².